The highest BCUT2D eigenvalue weighted by Crippen LogP contribution is 2.24. The standard InChI is InChI=1S/C27H24N4O5S/c1-18-11-12-36-25(18)27(34)30-22-8-6-7-19(14-22)20-13-21(16-29-15-20)26(33)31-37(35,17-24(32)28-2)23-9-4-3-5-10-23/h3-16H,17H2,1-2H3,(H,28,32)(H,30,34)/t37-/m0/s1. The summed E-state index contributed by atoms with van der Waals surface area (Å²) in [6, 6.07) is 18.5. The molecule has 4 aromatic rings. The van der Waals surface area contributed by atoms with E-state index < -0.39 is 27.3 Å². The Labute approximate surface area is 214 Å². The molecule has 37 heavy (non-hydrogen) atoms. The lowest BCUT2D eigenvalue weighted by Gasteiger charge is -2.10. The Balaban J connectivity index is 1.64. The number of pyridine rings is 1. The molecule has 4 rings (SSSR count). The zero-order valence-electron chi connectivity index (χ0n) is 20.1. The molecule has 0 radical (unpaired) electrons. The molecule has 2 aromatic carbocycles. The van der Waals surface area contributed by atoms with Gasteiger partial charge in [0.05, 0.1) is 21.6 Å². The number of hydrogen-bond donors (Lipinski definition) is 2. The molecule has 2 aromatic heterocycles. The molecule has 1 atom stereocenters. The summed E-state index contributed by atoms with van der Waals surface area (Å²) < 4.78 is 22.9. The van der Waals surface area contributed by atoms with Gasteiger partial charge in [-0.05, 0) is 48.9 Å². The van der Waals surface area contributed by atoms with Crippen molar-refractivity contribution >= 4 is 33.1 Å². The summed E-state index contributed by atoms with van der Waals surface area (Å²) in [7, 11) is -1.94. The van der Waals surface area contributed by atoms with E-state index in [1.54, 1.807) is 79.9 Å². The van der Waals surface area contributed by atoms with Crippen molar-refractivity contribution in [2.75, 3.05) is 18.1 Å². The minimum Gasteiger partial charge on any atom is -0.459 e. The van der Waals surface area contributed by atoms with Crippen molar-refractivity contribution in [3.8, 4) is 11.1 Å². The van der Waals surface area contributed by atoms with Crippen molar-refractivity contribution in [3.63, 3.8) is 0 Å². The molecule has 9 nitrogen and oxygen atoms in total. The molecule has 2 N–H and O–H groups in total. The van der Waals surface area contributed by atoms with E-state index in [4.69, 9.17) is 4.42 Å². The van der Waals surface area contributed by atoms with Gasteiger partial charge in [0.2, 0.25) is 5.91 Å². The molecular weight excluding hydrogens is 492 g/mol. The van der Waals surface area contributed by atoms with Crippen LogP contribution in [0.1, 0.15) is 26.5 Å². The van der Waals surface area contributed by atoms with E-state index in [-0.39, 0.29) is 22.1 Å². The van der Waals surface area contributed by atoms with Crippen LogP contribution in [0.4, 0.5) is 5.69 Å². The summed E-state index contributed by atoms with van der Waals surface area (Å²) in [4.78, 5) is 42.1. The molecule has 0 aliphatic rings. The van der Waals surface area contributed by atoms with Crippen LogP contribution in [-0.2, 0) is 14.5 Å². The molecule has 0 aliphatic heterocycles. The summed E-state index contributed by atoms with van der Waals surface area (Å²) in [5.74, 6) is -1.87. The highest BCUT2D eigenvalue weighted by Gasteiger charge is 2.20. The second kappa shape index (κ2) is 11.0. The fourth-order valence-electron chi connectivity index (χ4n) is 3.52. The number of carbonyl (C=O) groups is 3. The first-order chi connectivity index (χ1) is 17.8. The van der Waals surface area contributed by atoms with E-state index >= 15 is 0 Å². The summed E-state index contributed by atoms with van der Waals surface area (Å²) in [5.41, 5.74) is 2.63. The fourth-order valence-corrected chi connectivity index (χ4v) is 5.31. The first kappa shape index (κ1) is 25.5. The quantitative estimate of drug-likeness (QED) is 0.376. The number of aryl methyl sites for hydroxylation is 1. The number of hydrogen-bond acceptors (Lipinski definition) is 6. The second-order valence-corrected chi connectivity index (χ2v) is 10.3. The van der Waals surface area contributed by atoms with Crippen LogP contribution >= 0.6 is 0 Å². The Kier molecular flexibility index (Phi) is 7.59. The summed E-state index contributed by atoms with van der Waals surface area (Å²) in [6.45, 7) is 1.78. The van der Waals surface area contributed by atoms with E-state index in [0.717, 1.165) is 5.56 Å². The van der Waals surface area contributed by atoms with Gasteiger partial charge in [0.1, 0.15) is 5.75 Å². The average molecular weight is 517 g/mol. The largest absolute Gasteiger partial charge is 0.459 e. The molecule has 0 unspecified atom stereocenters. The molecule has 0 bridgehead atoms. The maximum absolute atomic E-state index is 13.6. The van der Waals surface area contributed by atoms with Crippen molar-refractivity contribution in [2.45, 2.75) is 11.8 Å². The number of nitrogens with one attached hydrogen (secondary N) is 2. The van der Waals surface area contributed by atoms with Crippen LogP contribution in [0.15, 0.2) is 99.1 Å². The van der Waals surface area contributed by atoms with E-state index in [1.165, 1.54) is 19.5 Å². The predicted octanol–water partition coefficient (Wildman–Crippen LogP) is 4.32. The monoisotopic (exact) mass is 516 g/mol. The lowest BCUT2D eigenvalue weighted by Crippen LogP contribution is -2.27. The van der Waals surface area contributed by atoms with Gasteiger partial charge in [-0.25, -0.2) is 4.21 Å². The molecule has 188 valence electrons. The average Bonchev–Trinajstić information content (AvgIpc) is 3.35. The maximum atomic E-state index is 13.6. The number of benzene rings is 2. The topological polar surface area (TPSA) is 131 Å². The van der Waals surface area contributed by atoms with Gasteiger partial charge in [-0.2, -0.15) is 4.36 Å². The van der Waals surface area contributed by atoms with E-state index in [2.05, 4.69) is 20.0 Å². The number of rotatable bonds is 7. The van der Waals surface area contributed by atoms with Gasteiger partial charge < -0.3 is 15.1 Å². The van der Waals surface area contributed by atoms with Crippen molar-refractivity contribution < 1.29 is 23.0 Å². The summed E-state index contributed by atoms with van der Waals surface area (Å²) in [5, 5.41) is 5.22. The van der Waals surface area contributed by atoms with Gasteiger partial charge in [0.15, 0.2) is 5.76 Å². The van der Waals surface area contributed by atoms with Crippen molar-refractivity contribution in [2.24, 2.45) is 4.36 Å². The predicted molar refractivity (Wildman–Crippen MR) is 140 cm³/mol. The van der Waals surface area contributed by atoms with E-state index in [0.29, 0.717) is 16.8 Å². The number of aromatic nitrogens is 1. The molecule has 2 heterocycles. The van der Waals surface area contributed by atoms with Crippen LogP contribution in [-0.4, -0.2) is 39.7 Å². The molecule has 0 saturated heterocycles. The first-order valence-corrected chi connectivity index (χ1v) is 12.9. The zero-order valence-corrected chi connectivity index (χ0v) is 21.0. The lowest BCUT2D eigenvalue weighted by molar-refractivity contribution is -0.118. The normalized spacial score (nSPS) is 12.3. The zero-order chi connectivity index (χ0) is 26.4. The fraction of sp³-hybridized carbons (Fsp3) is 0.111. The third-order valence-electron chi connectivity index (χ3n) is 5.45. The SMILES string of the molecule is CNC(=O)C[S@@](=O)(=NC(=O)c1cncc(-c2cccc(NC(=O)c3occc3C)c2)c1)c1ccccc1. The minimum absolute atomic E-state index is 0.110. The van der Waals surface area contributed by atoms with Gasteiger partial charge >= 0.3 is 0 Å². The van der Waals surface area contributed by atoms with E-state index in [1.807, 2.05) is 0 Å². The van der Waals surface area contributed by atoms with Crippen molar-refractivity contribution in [1.29, 1.82) is 0 Å². The first-order valence-electron chi connectivity index (χ1n) is 11.2. The van der Waals surface area contributed by atoms with Gasteiger partial charge in [-0.1, -0.05) is 30.3 Å². The highest BCUT2D eigenvalue weighted by molar-refractivity contribution is 7.94. The van der Waals surface area contributed by atoms with E-state index in [9.17, 15) is 18.6 Å². The molecule has 0 fully saturated rings. The number of nitrogens with zero attached hydrogens (tertiary/aromatic N) is 2. The van der Waals surface area contributed by atoms with Gasteiger partial charge in [-0.15, -0.1) is 0 Å². The Bertz CT molecular complexity index is 1590. The van der Waals surface area contributed by atoms with Crippen LogP contribution in [0.3, 0.4) is 0 Å². The lowest BCUT2D eigenvalue weighted by atomic mass is 10.1. The highest BCUT2D eigenvalue weighted by atomic mass is 32.2. The number of furan rings is 1. The van der Waals surface area contributed by atoms with Crippen LogP contribution in [0.25, 0.3) is 11.1 Å². The van der Waals surface area contributed by atoms with Gasteiger partial charge in [0.25, 0.3) is 11.8 Å². The second-order valence-electron chi connectivity index (χ2n) is 8.10. The van der Waals surface area contributed by atoms with Gasteiger partial charge in [-0.3, -0.25) is 19.4 Å². The van der Waals surface area contributed by atoms with Crippen LogP contribution in [0.2, 0.25) is 0 Å². The molecule has 0 spiro atoms. The minimum atomic E-state index is -3.37. The van der Waals surface area contributed by atoms with Crippen molar-refractivity contribution in [1.82, 2.24) is 10.3 Å². The summed E-state index contributed by atoms with van der Waals surface area (Å²) in [6.07, 6.45) is 4.34. The Morgan fingerprint density at radius 3 is 2.46 bits per heavy atom. The van der Waals surface area contributed by atoms with Gasteiger partial charge in [0, 0.05) is 41.2 Å². The molecule has 10 heteroatoms. The number of anilines is 1. The third-order valence-corrected chi connectivity index (χ3v) is 7.58. The third kappa shape index (κ3) is 5.99. The van der Waals surface area contributed by atoms with Crippen LogP contribution in [0.5, 0.6) is 0 Å². The Morgan fingerprint density at radius 2 is 1.76 bits per heavy atom. The number of carbonyl (C=O) groups excluding carboxylic acids is 3. The maximum Gasteiger partial charge on any atom is 0.291 e. The molecular formula is C27H24N4O5S. The van der Waals surface area contributed by atoms with Crippen LogP contribution in [0, 0.1) is 6.92 Å². The number of amides is 3. The smallest absolute Gasteiger partial charge is 0.291 e. The Morgan fingerprint density at radius 1 is 0.973 bits per heavy atom. The summed E-state index contributed by atoms with van der Waals surface area (Å²) >= 11 is 0. The molecule has 0 aliphatic carbocycles. The van der Waals surface area contributed by atoms with Crippen molar-refractivity contribution in [3.05, 3.63) is 102 Å². The van der Waals surface area contributed by atoms with Crippen LogP contribution < -0.4 is 10.6 Å². The Hall–Kier alpha value is -4.57. The molecule has 3 amide bonds. The molecule has 0 saturated carbocycles.